The standard InChI is InChI=1S/C25H31F3N2O4/c1-4-33-22-7-5-19(6-8-22)30(20-13-15-29(16-14-20)17-25(26,27)28)24(31)18(2)34-23-11-9-21(32-3)10-12-23/h5-12,18,20H,4,13-17H2,1-3H3/t18-/m1/s1. The van der Waals surface area contributed by atoms with E-state index < -0.39 is 18.8 Å². The fourth-order valence-electron chi connectivity index (χ4n) is 4.08. The molecule has 0 saturated carbocycles. The Hall–Kier alpha value is -2.94. The van der Waals surface area contributed by atoms with Crippen LogP contribution in [0.4, 0.5) is 18.9 Å². The number of carbonyl (C=O) groups is 1. The molecular weight excluding hydrogens is 449 g/mol. The highest BCUT2D eigenvalue weighted by Crippen LogP contribution is 2.29. The molecule has 3 rings (SSSR count). The van der Waals surface area contributed by atoms with Crippen LogP contribution >= 0.6 is 0 Å². The highest BCUT2D eigenvalue weighted by atomic mass is 19.4. The monoisotopic (exact) mass is 480 g/mol. The highest BCUT2D eigenvalue weighted by Gasteiger charge is 2.36. The summed E-state index contributed by atoms with van der Waals surface area (Å²) in [4.78, 5) is 16.6. The van der Waals surface area contributed by atoms with E-state index in [0.29, 0.717) is 42.4 Å². The van der Waals surface area contributed by atoms with Gasteiger partial charge in [0.15, 0.2) is 6.10 Å². The summed E-state index contributed by atoms with van der Waals surface area (Å²) in [7, 11) is 1.57. The molecule has 0 aliphatic carbocycles. The summed E-state index contributed by atoms with van der Waals surface area (Å²) in [6, 6.07) is 13.9. The third-order valence-corrected chi connectivity index (χ3v) is 5.71. The van der Waals surface area contributed by atoms with Gasteiger partial charge >= 0.3 is 6.18 Å². The molecule has 186 valence electrons. The van der Waals surface area contributed by atoms with Gasteiger partial charge in [-0.15, -0.1) is 0 Å². The molecule has 1 heterocycles. The zero-order valence-electron chi connectivity index (χ0n) is 19.7. The van der Waals surface area contributed by atoms with Crippen LogP contribution in [-0.4, -0.2) is 62.5 Å². The maximum atomic E-state index is 13.5. The van der Waals surface area contributed by atoms with Crippen LogP contribution in [0.3, 0.4) is 0 Å². The van der Waals surface area contributed by atoms with E-state index in [1.54, 1.807) is 67.5 Å². The van der Waals surface area contributed by atoms with Gasteiger partial charge in [-0.25, -0.2) is 0 Å². The number of amides is 1. The van der Waals surface area contributed by atoms with E-state index >= 15 is 0 Å². The molecule has 2 aromatic rings. The number of hydrogen-bond acceptors (Lipinski definition) is 5. The van der Waals surface area contributed by atoms with Gasteiger partial charge in [0, 0.05) is 24.8 Å². The number of anilines is 1. The fraction of sp³-hybridized carbons (Fsp3) is 0.480. The van der Waals surface area contributed by atoms with Gasteiger partial charge in [-0.1, -0.05) is 0 Å². The van der Waals surface area contributed by atoms with Crippen LogP contribution in [0.2, 0.25) is 0 Å². The number of hydrogen-bond donors (Lipinski definition) is 0. The van der Waals surface area contributed by atoms with Crippen molar-refractivity contribution in [3.63, 3.8) is 0 Å². The minimum Gasteiger partial charge on any atom is -0.497 e. The first-order valence-electron chi connectivity index (χ1n) is 11.4. The van der Waals surface area contributed by atoms with Crippen molar-refractivity contribution < 1.29 is 32.2 Å². The number of likely N-dealkylation sites (tertiary alicyclic amines) is 1. The average Bonchev–Trinajstić information content (AvgIpc) is 2.81. The molecule has 9 heteroatoms. The fourth-order valence-corrected chi connectivity index (χ4v) is 4.08. The lowest BCUT2D eigenvalue weighted by Crippen LogP contribution is -2.52. The van der Waals surface area contributed by atoms with E-state index in [-0.39, 0.29) is 25.0 Å². The van der Waals surface area contributed by atoms with E-state index in [9.17, 15) is 18.0 Å². The van der Waals surface area contributed by atoms with Crippen molar-refractivity contribution in [3.8, 4) is 17.2 Å². The predicted molar refractivity (Wildman–Crippen MR) is 124 cm³/mol. The largest absolute Gasteiger partial charge is 0.497 e. The Labute approximate surface area is 198 Å². The van der Waals surface area contributed by atoms with E-state index in [2.05, 4.69) is 0 Å². The van der Waals surface area contributed by atoms with E-state index in [4.69, 9.17) is 14.2 Å². The zero-order valence-corrected chi connectivity index (χ0v) is 19.7. The second-order valence-electron chi connectivity index (χ2n) is 8.19. The molecule has 0 spiro atoms. The Morgan fingerprint density at radius 2 is 1.59 bits per heavy atom. The Kier molecular flexibility index (Phi) is 8.66. The van der Waals surface area contributed by atoms with Crippen LogP contribution in [0.25, 0.3) is 0 Å². The van der Waals surface area contributed by atoms with Crippen LogP contribution in [0.15, 0.2) is 48.5 Å². The number of nitrogens with zero attached hydrogens (tertiary/aromatic N) is 2. The number of ether oxygens (including phenoxy) is 3. The van der Waals surface area contributed by atoms with Gasteiger partial charge in [0.1, 0.15) is 17.2 Å². The van der Waals surface area contributed by atoms with Gasteiger partial charge < -0.3 is 19.1 Å². The maximum Gasteiger partial charge on any atom is 0.401 e. The van der Waals surface area contributed by atoms with Crippen molar-refractivity contribution >= 4 is 11.6 Å². The molecule has 1 amide bonds. The first kappa shape index (κ1) is 25.7. The summed E-state index contributed by atoms with van der Waals surface area (Å²) in [5, 5.41) is 0. The minimum absolute atomic E-state index is 0.239. The predicted octanol–water partition coefficient (Wildman–Crippen LogP) is 4.92. The minimum atomic E-state index is -4.24. The molecule has 1 fully saturated rings. The van der Waals surface area contributed by atoms with Crippen molar-refractivity contribution in [2.75, 3.05) is 38.3 Å². The summed E-state index contributed by atoms with van der Waals surface area (Å²) >= 11 is 0. The van der Waals surface area contributed by atoms with Crippen molar-refractivity contribution in [2.24, 2.45) is 0 Å². The summed E-state index contributed by atoms with van der Waals surface area (Å²) in [6.45, 7) is 3.67. The number of methoxy groups -OCH3 is 1. The first-order chi connectivity index (χ1) is 16.2. The topological polar surface area (TPSA) is 51.2 Å². The Balaban J connectivity index is 1.77. The third-order valence-electron chi connectivity index (χ3n) is 5.71. The van der Waals surface area contributed by atoms with Gasteiger partial charge in [0.25, 0.3) is 5.91 Å². The molecule has 1 saturated heterocycles. The first-order valence-corrected chi connectivity index (χ1v) is 11.4. The molecule has 0 radical (unpaired) electrons. The number of carbonyl (C=O) groups excluding carboxylic acids is 1. The Morgan fingerprint density at radius 3 is 2.12 bits per heavy atom. The molecule has 0 bridgehead atoms. The molecule has 1 atom stereocenters. The second-order valence-corrected chi connectivity index (χ2v) is 8.19. The molecule has 1 aliphatic rings. The van der Waals surface area contributed by atoms with Crippen LogP contribution in [0.5, 0.6) is 17.2 Å². The molecular formula is C25H31F3N2O4. The molecule has 34 heavy (non-hydrogen) atoms. The molecule has 0 N–H and O–H groups in total. The summed E-state index contributed by atoms with van der Waals surface area (Å²) in [5.74, 6) is 1.62. The lowest BCUT2D eigenvalue weighted by Gasteiger charge is -2.39. The van der Waals surface area contributed by atoms with Gasteiger partial charge in [-0.3, -0.25) is 9.69 Å². The normalized spacial score (nSPS) is 16.1. The molecule has 0 aromatic heterocycles. The van der Waals surface area contributed by atoms with Crippen LogP contribution in [0.1, 0.15) is 26.7 Å². The van der Waals surface area contributed by atoms with E-state index in [0.717, 1.165) is 0 Å². The van der Waals surface area contributed by atoms with Crippen molar-refractivity contribution in [2.45, 2.75) is 45.0 Å². The van der Waals surface area contributed by atoms with Crippen LogP contribution < -0.4 is 19.1 Å². The SMILES string of the molecule is CCOc1ccc(N(C(=O)[C@@H](C)Oc2ccc(OC)cc2)C2CCN(CC(F)(F)F)CC2)cc1. The van der Waals surface area contributed by atoms with Crippen LogP contribution in [-0.2, 0) is 4.79 Å². The number of halogens is 3. The maximum absolute atomic E-state index is 13.5. The van der Waals surface area contributed by atoms with Gasteiger partial charge in [-0.05, 0) is 75.2 Å². The third kappa shape index (κ3) is 7.03. The Bertz CT molecular complexity index is 911. The quantitative estimate of drug-likeness (QED) is 0.510. The number of piperidine rings is 1. The van der Waals surface area contributed by atoms with Crippen molar-refractivity contribution in [1.82, 2.24) is 4.90 Å². The zero-order chi connectivity index (χ0) is 24.7. The highest BCUT2D eigenvalue weighted by molar-refractivity contribution is 5.97. The lowest BCUT2D eigenvalue weighted by atomic mass is 10.0. The summed E-state index contributed by atoms with van der Waals surface area (Å²) < 4.78 is 55.0. The molecule has 6 nitrogen and oxygen atoms in total. The summed E-state index contributed by atoms with van der Waals surface area (Å²) in [6.07, 6.45) is -4.17. The van der Waals surface area contributed by atoms with Crippen LogP contribution in [0, 0.1) is 0 Å². The number of alkyl halides is 3. The smallest absolute Gasteiger partial charge is 0.401 e. The second kappa shape index (κ2) is 11.5. The van der Waals surface area contributed by atoms with Crippen molar-refractivity contribution in [1.29, 1.82) is 0 Å². The van der Waals surface area contributed by atoms with Gasteiger partial charge in [0.2, 0.25) is 0 Å². The Morgan fingerprint density at radius 1 is 1.03 bits per heavy atom. The van der Waals surface area contributed by atoms with Gasteiger partial charge in [-0.2, -0.15) is 13.2 Å². The molecule has 1 aliphatic heterocycles. The van der Waals surface area contributed by atoms with E-state index in [1.807, 2.05) is 6.92 Å². The number of rotatable bonds is 9. The van der Waals surface area contributed by atoms with Gasteiger partial charge in [0.05, 0.1) is 20.3 Å². The molecule has 0 unspecified atom stereocenters. The summed E-state index contributed by atoms with van der Waals surface area (Å²) in [5.41, 5.74) is 0.660. The lowest BCUT2D eigenvalue weighted by molar-refractivity contribution is -0.148. The number of benzene rings is 2. The molecule has 2 aromatic carbocycles. The van der Waals surface area contributed by atoms with E-state index in [1.165, 1.54) is 4.90 Å². The average molecular weight is 481 g/mol. The van der Waals surface area contributed by atoms with Crippen molar-refractivity contribution in [3.05, 3.63) is 48.5 Å².